The fourth-order valence-corrected chi connectivity index (χ4v) is 2.82. The molecule has 0 spiro atoms. The molecule has 3 heteroatoms. The zero-order valence-electron chi connectivity index (χ0n) is 13.4. The van der Waals surface area contributed by atoms with Crippen molar-refractivity contribution in [1.82, 2.24) is 9.97 Å². The molecule has 0 atom stereocenters. The number of aromatic nitrogens is 2. The Balaban J connectivity index is 2.01. The number of hydrogen-bond donors (Lipinski definition) is 1. The van der Waals surface area contributed by atoms with Gasteiger partial charge in [-0.25, -0.2) is 9.97 Å². The quantitative estimate of drug-likeness (QED) is 0.538. The summed E-state index contributed by atoms with van der Waals surface area (Å²) in [5.74, 6) is 0.735. The molecular formula is C21H17N3. The first-order valence-electron chi connectivity index (χ1n) is 7.90. The van der Waals surface area contributed by atoms with Crippen LogP contribution in [-0.2, 0) is 0 Å². The van der Waals surface area contributed by atoms with Gasteiger partial charge in [0, 0.05) is 22.2 Å². The Morgan fingerprint density at radius 2 is 1.50 bits per heavy atom. The van der Waals surface area contributed by atoms with Crippen molar-refractivity contribution in [2.24, 2.45) is 0 Å². The molecule has 1 heterocycles. The fourth-order valence-electron chi connectivity index (χ4n) is 2.82. The number of aryl methyl sites for hydroxylation is 1. The van der Waals surface area contributed by atoms with Crippen molar-refractivity contribution >= 4 is 16.6 Å². The lowest BCUT2D eigenvalue weighted by Crippen LogP contribution is -1.95. The molecule has 0 radical (unpaired) electrons. The minimum Gasteiger partial charge on any atom is -0.399 e. The third-order valence-electron chi connectivity index (χ3n) is 4.07. The van der Waals surface area contributed by atoms with Gasteiger partial charge in [0.1, 0.15) is 0 Å². The van der Waals surface area contributed by atoms with E-state index in [2.05, 4.69) is 25.1 Å². The van der Waals surface area contributed by atoms with Crippen molar-refractivity contribution < 1.29 is 0 Å². The number of fused-ring (bicyclic) bond motifs is 1. The highest BCUT2D eigenvalue weighted by Gasteiger charge is 2.11. The van der Waals surface area contributed by atoms with Crippen molar-refractivity contribution in [3.05, 3.63) is 78.4 Å². The van der Waals surface area contributed by atoms with Gasteiger partial charge in [0.2, 0.25) is 0 Å². The number of anilines is 1. The Kier molecular flexibility index (Phi) is 3.47. The Hall–Kier alpha value is -3.20. The molecule has 0 aliphatic carbocycles. The number of rotatable bonds is 2. The first-order valence-corrected chi connectivity index (χ1v) is 7.90. The van der Waals surface area contributed by atoms with E-state index in [1.807, 2.05) is 54.6 Å². The van der Waals surface area contributed by atoms with Gasteiger partial charge in [-0.05, 0) is 31.2 Å². The molecule has 0 bridgehead atoms. The largest absolute Gasteiger partial charge is 0.399 e. The molecule has 2 N–H and O–H groups in total. The van der Waals surface area contributed by atoms with Crippen LogP contribution in [0.5, 0.6) is 0 Å². The summed E-state index contributed by atoms with van der Waals surface area (Å²) in [5.41, 5.74) is 11.7. The Bertz CT molecular complexity index is 1010. The minimum absolute atomic E-state index is 0.735. The lowest BCUT2D eigenvalue weighted by molar-refractivity contribution is 1.23. The predicted octanol–water partition coefficient (Wildman–Crippen LogP) is 4.85. The third kappa shape index (κ3) is 2.61. The van der Waals surface area contributed by atoms with Crippen molar-refractivity contribution in [2.45, 2.75) is 6.92 Å². The predicted molar refractivity (Wildman–Crippen MR) is 99.6 cm³/mol. The van der Waals surface area contributed by atoms with Crippen LogP contribution in [0.3, 0.4) is 0 Å². The van der Waals surface area contributed by atoms with Crippen LogP contribution in [0, 0.1) is 6.92 Å². The molecule has 3 aromatic carbocycles. The number of nitrogens with two attached hydrogens (primary N) is 1. The Morgan fingerprint density at radius 1 is 0.750 bits per heavy atom. The topological polar surface area (TPSA) is 51.8 Å². The molecule has 116 valence electrons. The molecular weight excluding hydrogens is 294 g/mol. The molecule has 0 saturated heterocycles. The maximum absolute atomic E-state index is 5.83. The highest BCUT2D eigenvalue weighted by atomic mass is 14.9. The summed E-state index contributed by atoms with van der Waals surface area (Å²) in [5, 5.41) is 1.06. The van der Waals surface area contributed by atoms with Crippen molar-refractivity contribution in [3.8, 4) is 22.6 Å². The molecule has 0 unspecified atom stereocenters. The van der Waals surface area contributed by atoms with E-state index in [9.17, 15) is 0 Å². The Labute approximate surface area is 140 Å². The van der Waals surface area contributed by atoms with Crippen molar-refractivity contribution in [2.75, 3.05) is 5.73 Å². The van der Waals surface area contributed by atoms with E-state index in [1.165, 1.54) is 5.56 Å². The minimum atomic E-state index is 0.735. The van der Waals surface area contributed by atoms with Gasteiger partial charge in [-0.1, -0.05) is 54.1 Å². The van der Waals surface area contributed by atoms with Crippen LogP contribution in [0.2, 0.25) is 0 Å². The first kappa shape index (κ1) is 14.4. The summed E-state index contributed by atoms with van der Waals surface area (Å²) in [6.45, 7) is 2.08. The maximum Gasteiger partial charge on any atom is 0.160 e. The van der Waals surface area contributed by atoms with Gasteiger partial charge in [0.15, 0.2) is 5.82 Å². The standard InChI is InChI=1S/C21H17N3/c1-14-7-12-19-18(13-14)20(15-8-10-17(22)11-9-15)24-21(23-19)16-5-3-2-4-6-16/h2-13H,22H2,1H3. The van der Waals surface area contributed by atoms with Crippen LogP contribution in [0.1, 0.15) is 5.56 Å². The highest BCUT2D eigenvalue weighted by Crippen LogP contribution is 2.30. The molecule has 0 aliphatic heterocycles. The van der Waals surface area contributed by atoms with E-state index in [1.54, 1.807) is 0 Å². The van der Waals surface area contributed by atoms with E-state index in [0.29, 0.717) is 0 Å². The molecule has 24 heavy (non-hydrogen) atoms. The smallest absolute Gasteiger partial charge is 0.160 e. The van der Waals surface area contributed by atoms with Gasteiger partial charge < -0.3 is 5.73 Å². The molecule has 0 fully saturated rings. The lowest BCUT2D eigenvalue weighted by Gasteiger charge is -2.10. The lowest BCUT2D eigenvalue weighted by atomic mass is 10.0. The summed E-state index contributed by atoms with van der Waals surface area (Å²) in [7, 11) is 0. The summed E-state index contributed by atoms with van der Waals surface area (Å²) in [6, 6.07) is 24.2. The first-order chi connectivity index (χ1) is 11.7. The van der Waals surface area contributed by atoms with E-state index in [0.717, 1.165) is 39.2 Å². The summed E-state index contributed by atoms with van der Waals surface area (Å²) in [6.07, 6.45) is 0. The van der Waals surface area contributed by atoms with Gasteiger partial charge >= 0.3 is 0 Å². The van der Waals surface area contributed by atoms with Crippen molar-refractivity contribution in [3.63, 3.8) is 0 Å². The van der Waals surface area contributed by atoms with Crippen LogP contribution in [0.4, 0.5) is 5.69 Å². The average Bonchev–Trinajstić information content (AvgIpc) is 2.62. The third-order valence-corrected chi connectivity index (χ3v) is 4.07. The maximum atomic E-state index is 5.83. The number of nitrogen functional groups attached to an aromatic ring is 1. The molecule has 4 rings (SSSR count). The monoisotopic (exact) mass is 311 g/mol. The van der Waals surface area contributed by atoms with E-state index < -0.39 is 0 Å². The Morgan fingerprint density at radius 3 is 2.25 bits per heavy atom. The zero-order valence-corrected chi connectivity index (χ0v) is 13.4. The van der Waals surface area contributed by atoms with Crippen LogP contribution in [-0.4, -0.2) is 9.97 Å². The highest BCUT2D eigenvalue weighted by molar-refractivity contribution is 5.94. The second kappa shape index (κ2) is 5.78. The van der Waals surface area contributed by atoms with Crippen molar-refractivity contribution in [1.29, 1.82) is 0 Å². The summed E-state index contributed by atoms with van der Waals surface area (Å²) < 4.78 is 0. The fraction of sp³-hybridized carbons (Fsp3) is 0.0476. The number of benzene rings is 3. The van der Waals surface area contributed by atoms with Gasteiger partial charge in [-0.3, -0.25) is 0 Å². The SMILES string of the molecule is Cc1ccc2nc(-c3ccccc3)nc(-c3ccc(N)cc3)c2c1. The van der Waals surface area contributed by atoms with E-state index in [-0.39, 0.29) is 0 Å². The van der Waals surface area contributed by atoms with E-state index >= 15 is 0 Å². The van der Waals surface area contributed by atoms with Gasteiger partial charge in [-0.2, -0.15) is 0 Å². The van der Waals surface area contributed by atoms with Crippen LogP contribution >= 0.6 is 0 Å². The summed E-state index contributed by atoms with van der Waals surface area (Å²) >= 11 is 0. The zero-order chi connectivity index (χ0) is 16.5. The van der Waals surface area contributed by atoms with Crippen LogP contribution in [0.15, 0.2) is 72.8 Å². The second-order valence-corrected chi connectivity index (χ2v) is 5.90. The molecule has 0 amide bonds. The normalized spacial score (nSPS) is 10.9. The molecule has 0 aliphatic rings. The molecule has 3 nitrogen and oxygen atoms in total. The van der Waals surface area contributed by atoms with Gasteiger partial charge in [0.25, 0.3) is 0 Å². The van der Waals surface area contributed by atoms with Gasteiger partial charge in [-0.15, -0.1) is 0 Å². The molecule has 0 saturated carbocycles. The summed E-state index contributed by atoms with van der Waals surface area (Å²) in [4.78, 5) is 9.61. The molecule has 1 aromatic heterocycles. The number of hydrogen-bond acceptors (Lipinski definition) is 3. The van der Waals surface area contributed by atoms with Crippen LogP contribution in [0.25, 0.3) is 33.5 Å². The van der Waals surface area contributed by atoms with Crippen LogP contribution < -0.4 is 5.73 Å². The van der Waals surface area contributed by atoms with Gasteiger partial charge in [0.05, 0.1) is 11.2 Å². The number of nitrogens with zero attached hydrogens (tertiary/aromatic N) is 2. The molecule has 4 aromatic rings. The second-order valence-electron chi connectivity index (χ2n) is 5.90. The van der Waals surface area contributed by atoms with E-state index in [4.69, 9.17) is 15.7 Å². The average molecular weight is 311 g/mol.